The van der Waals surface area contributed by atoms with Crippen LogP contribution in [0, 0.1) is 11.3 Å². The number of fused-ring (bicyclic) bond motifs is 1. The quantitative estimate of drug-likeness (QED) is 0.923. The molecule has 1 N–H and O–H groups in total. The van der Waals surface area contributed by atoms with Crippen molar-refractivity contribution >= 4 is 18.4 Å². The molecule has 0 spiro atoms. The van der Waals surface area contributed by atoms with Gasteiger partial charge in [-0.15, -0.1) is 12.4 Å². The number of carbonyl (C=O) groups is 1. The number of carboxylic acids is 1. The third kappa shape index (κ3) is 4.23. The highest BCUT2D eigenvalue weighted by atomic mass is 35.5. The molecule has 21 heavy (non-hydrogen) atoms. The molecule has 0 bridgehead atoms. The summed E-state index contributed by atoms with van der Waals surface area (Å²) in [6, 6.07) is 18.3. The average molecular weight is 304 g/mol. The van der Waals surface area contributed by atoms with E-state index in [1.165, 1.54) is 5.56 Å². The number of benzene rings is 2. The second-order valence-corrected chi connectivity index (χ2v) is 4.21. The van der Waals surface area contributed by atoms with Crippen LogP contribution in [-0.4, -0.2) is 11.1 Å². The van der Waals surface area contributed by atoms with E-state index < -0.39 is 11.9 Å². The lowest BCUT2D eigenvalue weighted by atomic mass is 10.0. The maximum absolute atomic E-state index is 10.5. The normalized spacial score (nSPS) is 11.8. The van der Waals surface area contributed by atoms with Gasteiger partial charge in [0.2, 0.25) is 0 Å². The molecule has 1 aliphatic rings. The van der Waals surface area contributed by atoms with Crippen LogP contribution in [0.2, 0.25) is 0 Å². The van der Waals surface area contributed by atoms with Crippen molar-refractivity contribution in [1.82, 2.24) is 0 Å². The summed E-state index contributed by atoms with van der Waals surface area (Å²) in [7, 11) is 0. The molecule has 0 fully saturated rings. The Morgan fingerprint density at radius 3 is 2.14 bits per heavy atom. The Hall–Kier alpha value is -2.51. The molecule has 2 aromatic carbocycles. The maximum atomic E-state index is 10.5. The average Bonchev–Trinajstić information content (AvgIpc) is 2.43. The highest BCUT2D eigenvalue weighted by Crippen LogP contribution is 2.27. The zero-order valence-electron chi connectivity index (χ0n) is 11.1. The summed E-state index contributed by atoms with van der Waals surface area (Å²) < 4.78 is 5.08. The minimum absolute atomic E-state index is 0. The van der Waals surface area contributed by atoms with E-state index in [9.17, 15) is 4.79 Å². The number of nitriles is 1. The number of aliphatic carboxylic acids is 1. The maximum Gasteiger partial charge on any atom is 0.325 e. The van der Waals surface area contributed by atoms with Crippen LogP contribution in [0.3, 0.4) is 0 Å². The number of halogens is 1. The molecular formula is C16H14ClNO3. The summed E-state index contributed by atoms with van der Waals surface area (Å²) in [5.74, 6) is -1.11. The van der Waals surface area contributed by atoms with Crippen LogP contribution in [0.4, 0.5) is 0 Å². The minimum Gasteiger partial charge on any atom is -0.488 e. The third-order valence-corrected chi connectivity index (χ3v) is 2.86. The van der Waals surface area contributed by atoms with Crippen LogP contribution in [0.1, 0.15) is 17.0 Å². The number of hydrogen-bond donors (Lipinski definition) is 1. The van der Waals surface area contributed by atoms with Crippen LogP contribution in [-0.2, 0) is 11.4 Å². The first-order valence-electron chi connectivity index (χ1n) is 6.10. The molecule has 0 amide bonds. The molecule has 4 nitrogen and oxygen atoms in total. The highest BCUT2D eigenvalue weighted by molar-refractivity contribution is 5.85. The van der Waals surface area contributed by atoms with E-state index in [2.05, 4.69) is 6.07 Å². The van der Waals surface area contributed by atoms with Gasteiger partial charge in [-0.25, -0.2) is 0 Å². The van der Waals surface area contributed by atoms with Crippen LogP contribution >= 0.6 is 12.4 Å². The molecule has 0 radical (unpaired) electrons. The van der Waals surface area contributed by atoms with Gasteiger partial charge in [0.25, 0.3) is 0 Å². The lowest BCUT2D eigenvalue weighted by Crippen LogP contribution is -2.08. The van der Waals surface area contributed by atoms with E-state index in [-0.39, 0.29) is 12.4 Å². The standard InChI is InChI=1S/C9H7NO2.C7H6O.ClH/c10-6-8(9(11)12)7-4-2-1-3-5-7;1-2-4-7-6(3-1)5-8-7;/h1-5,8H,(H,11,12);1-4H,5H2;1H. The Labute approximate surface area is 129 Å². The van der Waals surface area contributed by atoms with Gasteiger partial charge in [0, 0.05) is 5.56 Å². The minimum atomic E-state index is -1.11. The lowest BCUT2D eigenvalue weighted by molar-refractivity contribution is -0.137. The first-order chi connectivity index (χ1) is 9.72. The van der Waals surface area contributed by atoms with E-state index in [1.54, 1.807) is 36.4 Å². The van der Waals surface area contributed by atoms with Crippen LogP contribution in [0.5, 0.6) is 5.75 Å². The summed E-state index contributed by atoms with van der Waals surface area (Å²) >= 11 is 0. The molecule has 0 aromatic heterocycles. The van der Waals surface area contributed by atoms with Gasteiger partial charge >= 0.3 is 5.97 Å². The Morgan fingerprint density at radius 1 is 1.14 bits per heavy atom. The number of rotatable bonds is 2. The predicted molar refractivity (Wildman–Crippen MR) is 80.5 cm³/mol. The Morgan fingerprint density at radius 2 is 1.76 bits per heavy atom. The zero-order chi connectivity index (χ0) is 14.4. The Bertz CT molecular complexity index is 614. The number of para-hydroxylation sites is 1. The largest absolute Gasteiger partial charge is 0.488 e. The van der Waals surface area contributed by atoms with E-state index in [1.807, 2.05) is 18.2 Å². The first kappa shape index (κ1) is 16.5. The second-order valence-electron chi connectivity index (χ2n) is 4.21. The van der Waals surface area contributed by atoms with Crippen LogP contribution in [0.15, 0.2) is 54.6 Å². The summed E-state index contributed by atoms with van der Waals surface area (Å²) in [5, 5.41) is 17.1. The van der Waals surface area contributed by atoms with Gasteiger partial charge in [-0.3, -0.25) is 4.79 Å². The zero-order valence-corrected chi connectivity index (χ0v) is 11.9. The van der Waals surface area contributed by atoms with Gasteiger partial charge in [0.05, 0.1) is 6.07 Å². The number of carboxylic acid groups (broad SMARTS) is 1. The van der Waals surface area contributed by atoms with Gasteiger partial charge in [0.1, 0.15) is 12.4 Å². The number of hydrogen-bond acceptors (Lipinski definition) is 3. The number of ether oxygens (including phenoxy) is 1. The van der Waals surface area contributed by atoms with Crippen molar-refractivity contribution in [3.63, 3.8) is 0 Å². The molecule has 5 heteroatoms. The van der Waals surface area contributed by atoms with Gasteiger partial charge in [-0.1, -0.05) is 48.5 Å². The van der Waals surface area contributed by atoms with Gasteiger partial charge in [-0.05, 0) is 11.6 Å². The van der Waals surface area contributed by atoms with E-state index in [0.717, 1.165) is 12.4 Å². The summed E-state index contributed by atoms with van der Waals surface area (Å²) in [4.78, 5) is 10.5. The molecule has 2 aromatic rings. The summed E-state index contributed by atoms with van der Waals surface area (Å²) in [6.07, 6.45) is 0. The highest BCUT2D eigenvalue weighted by Gasteiger charge is 2.17. The molecule has 1 unspecified atom stereocenters. The fourth-order valence-corrected chi connectivity index (χ4v) is 1.76. The molecule has 1 heterocycles. The van der Waals surface area contributed by atoms with Crippen LogP contribution in [0.25, 0.3) is 0 Å². The van der Waals surface area contributed by atoms with Crippen molar-refractivity contribution in [3.05, 3.63) is 65.7 Å². The van der Waals surface area contributed by atoms with E-state index in [0.29, 0.717) is 5.56 Å². The molecule has 0 saturated heterocycles. The smallest absolute Gasteiger partial charge is 0.325 e. The SMILES string of the molecule is Cl.N#CC(C(=O)O)c1ccccc1.c1ccc2c(c1)CO2. The van der Waals surface area contributed by atoms with Gasteiger partial charge in [0.15, 0.2) is 5.92 Å². The van der Waals surface area contributed by atoms with Crippen molar-refractivity contribution in [3.8, 4) is 11.8 Å². The van der Waals surface area contributed by atoms with E-state index in [4.69, 9.17) is 15.1 Å². The Kier molecular flexibility index (Phi) is 6.25. The van der Waals surface area contributed by atoms with Crippen LogP contribution < -0.4 is 4.74 Å². The van der Waals surface area contributed by atoms with Crippen molar-refractivity contribution in [2.75, 3.05) is 0 Å². The molecule has 1 aliphatic heterocycles. The lowest BCUT2D eigenvalue weighted by Gasteiger charge is -2.18. The molecule has 3 rings (SSSR count). The summed E-state index contributed by atoms with van der Waals surface area (Å²) in [5.41, 5.74) is 1.85. The van der Waals surface area contributed by atoms with Crippen molar-refractivity contribution < 1.29 is 14.6 Å². The predicted octanol–water partition coefficient (Wildman–Crippen LogP) is 3.38. The third-order valence-electron chi connectivity index (χ3n) is 2.86. The first-order valence-corrected chi connectivity index (χ1v) is 6.10. The molecular weight excluding hydrogens is 290 g/mol. The summed E-state index contributed by atoms with van der Waals surface area (Å²) in [6.45, 7) is 0.802. The van der Waals surface area contributed by atoms with E-state index >= 15 is 0 Å². The molecule has 108 valence electrons. The fourth-order valence-electron chi connectivity index (χ4n) is 1.76. The van der Waals surface area contributed by atoms with Gasteiger partial charge in [-0.2, -0.15) is 5.26 Å². The Balaban J connectivity index is 0.000000213. The second kappa shape index (κ2) is 7.93. The topological polar surface area (TPSA) is 70.3 Å². The molecule has 0 saturated carbocycles. The fraction of sp³-hybridized carbons (Fsp3) is 0.125. The van der Waals surface area contributed by atoms with Gasteiger partial charge < -0.3 is 9.84 Å². The van der Waals surface area contributed by atoms with Crippen molar-refractivity contribution in [1.29, 1.82) is 5.26 Å². The number of nitrogens with zero attached hydrogens (tertiary/aromatic N) is 1. The van der Waals surface area contributed by atoms with Crippen molar-refractivity contribution in [2.45, 2.75) is 12.5 Å². The molecule has 1 atom stereocenters. The molecule has 0 aliphatic carbocycles. The van der Waals surface area contributed by atoms with Crippen molar-refractivity contribution in [2.24, 2.45) is 0 Å². The monoisotopic (exact) mass is 303 g/mol.